The first kappa shape index (κ1) is 12.2. The van der Waals surface area contributed by atoms with Gasteiger partial charge in [0.1, 0.15) is 6.61 Å². The Morgan fingerprint density at radius 3 is 3.07 bits per heavy atom. The van der Waals surface area contributed by atoms with Gasteiger partial charge in [-0.2, -0.15) is 0 Å². The van der Waals surface area contributed by atoms with Crippen molar-refractivity contribution < 1.29 is 19.0 Å². The highest BCUT2D eigenvalue weighted by Crippen LogP contribution is 2.25. The van der Waals surface area contributed by atoms with Crippen LogP contribution >= 0.6 is 0 Å². The molecule has 2 atom stereocenters. The lowest BCUT2D eigenvalue weighted by Crippen LogP contribution is -2.43. The van der Waals surface area contributed by atoms with Crippen molar-refractivity contribution in [3.05, 3.63) is 12.7 Å². The van der Waals surface area contributed by atoms with Crippen LogP contribution in [0.2, 0.25) is 0 Å². The zero-order chi connectivity index (χ0) is 11.3. The van der Waals surface area contributed by atoms with Crippen LogP contribution < -0.4 is 0 Å². The molecule has 0 amide bonds. The number of esters is 1. The topological polar surface area (TPSA) is 44.8 Å². The van der Waals surface area contributed by atoms with Gasteiger partial charge in [0.25, 0.3) is 0 Å². The number of carbonyl (C=O) groups is 1. The first-order chi connectivity index (χ1) is 7.09. The van der Waals surface area contributed by atoms with E-state index in [-0.39, 0.29) is 12.7 Å². The molecule has 4 heteroatoms. The number of hydrogen-bond acceptors (Lipinski definition) is 4. The largest absolute Gasteiger partial charge is 0.460 e. The molecule has 1 saturated heterocycles. The van der Waals surface area contributed by atoms with Gasteiger partial charge in [0.2, 0.25) is 0 Å². The molecule has 0 aromatic carbocycles. The summed E-state index contributed by atoms with van der Waals surface area (Å²) in [5, 5.41) is 0. The average Bonchev–Trinajstić information content (AvgIpc) is 2.26. The summed E-state index contributed by atoms with van der Waals surface area (Å²) in [5.74, 6) is -0.952. The minimum atomic E-state index is -0.538. The van der Waals surface area contributed by atoms with Crippen LogP contribution in [0.3, 0.4) is 0 Å². The van der Waals surface area contributed by atoms with Crippen molar-refractivity contribution in [1.82, 2.24) is 0 Å². The van der Waals surface area contributed by atoms with Crippen molar-refractivity contribution in [3.63, 3.8) is 0 Å². The van der Waals surface area contributed by atoms with E-state index in [0.29, 0.717) is 6.61 Å². The molecular weight excluding hydrogens is 196 g/mol. The Labute approximate surface area is 90.2 Å². The molecule has 0 aliphatic carbocycles. The maximum absolute atomic E-state index is 10.9. The fourth-order valence-electron chi connectivity index (χ4n) is 1.39. The van der Waals surface area contributed by atoms with Crippen molar-refractivity contribution in [2.45, 2.75) is 38.6 Å². The molecule has 4 nitrogen and oxygen atoms in total. The van der Waals surface area contributed by atoms with E-state index in [2.05, 4.69) is 6.58 Å². The van der Waals surface area contributed by atoms with E-state index < -0.39 is 11.8 Å². The first-order valence-corrected chi connectivity index (χ1v) is 5.20. The summed E-state index contributed by atoms with van der Waals surface area (Å²) in [5.41, 5.74) is 0. The maximum atomic E-state index is 10.9. The number of rotatable bonds is 4. The maximum Gasteiger partial charge on any atom is 0.330 e. The van der Waals surface area contributed by atoms with E-state index in [4.69, 9.17) is 14.2 Å². The molecule has 0 aromatic heterocycles. The van der Waals surface area contributed by atoms with Gasteiger partial charge in [-0.25, -0.2) is 4.79 Å². The lowest BCUT2D eigenvalue weighted by atomic mass is 10.1. The predicted octanol–water partition coefficient (Wildman–Crippen LogP) is 1.65. The van der Waals surface area contributed by atoms with Gasteiger partial charge in [0.15, 0.2) is 5.79 Å². The molecular formula is C11H18O4. The predicted molar refractivity (Wildman–Crippen MR) is 55.3 cm³/mol. The summed E-state index contributed by atoms with van der Waals surface area (Å²) in [6.07, 6.45) is 2.60. The fourth-order valence-corrected chi connectivity index (χ4v) is 1.39. The molecule has 0 bridgehead atoms. The molecule has 1 fully saturated rings. The molecule has 2 unspecified atom stereocenters. The summed E-state index contributed by atoms with van der Waals surface area (Å²) in [7, 11) is 0. The van der Waals surface area contributed by atoms with Crippen molar-refractivity contribution >= 4 is 5.97 Å². The van der Waals surface area contributed by atoms with Crippen LogP contribution in [0.5, 0.6) is 0 Å². The molecule has 1 aliphatic heterocycles. The van der Waals surface area contributed by atoms with Gasteiger partial charge in [-0.05, 0) is 13.3 Å². The minimum absolute atomic E-state index is 0.0763. The zero-order valence-corrected chi connectivity index (χ0v) is 9.32. The third-order valence-corrected chi connectivity index (χ3v) is 2.48. The number of ether oxygens (including phenoxy) is 3. The van der Waals surface area contributed by atoms with Crippen LogP contribution in [0, 0.1) is 0 Å². The van der Waals surface area contributed by atoms with Crippen LogP contribution in [0.15, 0.2) is 12.7 Å². The summed E-state index contributed by atoms with van der Waals surface area (Å²) in [4.78, 5) is 10.9. The highest BCUT2D eigenvalue weighted by molar-refractivity contribution is 5.81. The summed E-state index contributed by atoms with van der Waals surface area (Å²) < 4.78 is 16.1. The molecule has 0 radical (unpaired) electrons. The highest BCUT2D eigenvalue weighted by Gasteiger charge is 2.32. The Bertz CT molecular complexity index is 239. The smallest absolute Gasteiger partial charge is 0.330 e. The van der Waals surface area contributed by atoms with E-state index in [0.717, 1.165) is 18.9 Å². The van der Waals surface area contributed by atoms with Crippen molar-refractivity contribution in [3.8, 4) is 0 Å². The molecule has 1 aliphatic rings. The van der Waals surface area contributed by atoms with Crippen LogP contribution in [0.25, 0.3) is 0 Å². The molecule has 0 aromatic rings. The second-order valence-corrected chi connectivity index (χ2v) is 3.70. The highest BCUT2D eigenvalue weighted by atomic mass is 16.7. The van der Waals surface area contributed by atoms with Gasteiger partial charge < -0.3 is 14.2 Å². The molecule has 1 rings (SSSR count). The van der Waals surface area contributed by atoms with Gasteiger partial charge >= 0.3 is 5.97 Å². The third-order valence-electron chi connectivity index (χ3n) is 2.48. The van der Waals surface area contributed by atoms with Crippen LogP contribution in [-0.2, 0) is 19.0 Å². The molecule has 86 valence electrons. The Morgan fingerprint density at radius 2 is 2.47 bits per heavy atom. The summed E-state index contributed by atoms with van der Waals surface area (Å²) in [6.45, 7) is 8.13. The second kappa shape index (κ2) is 5.28. The van der Waals surface area contributed by atoms with Gasteiger partial charge in [-0.1, -0.05) is 13.5 Å². The fraction of sp³-hybridized carbons (Fsp3) is 0.727. The Kier molecular flexibility index (Phi) is 4.29. The van der Waals surface area contributed by atoms with Gasteiger partial charge in [-0.3, -0.25) is 0 Å². The summed E-state index contributed by atoms with van der Waals surface area (Å²) in [6, 6.07) is 0. The van der Waals surface area contributed by atoms with E-state index in [9.17, 15) is 4.79 Å². The van der Waals surface area contributed by atoms with Gasteiger partial charge in [0.05, 0.1) is 12.7 Å². The average molecular weight is 214 g/mol. The van der Waals surface area contributed by atoms with E-state index in [1.54, 1.807) is 0 Å². The Hall–Kier alpha value is -0.870. The minimum Gasteiger partial charge on any atom is -0.460 e. The molecule has 0 saturated carbocycles. The monoisotopic (exact) mass is 214 g/mol. The molecule has 1 heterocycles. The van der Waals surface area contributed by atoms with Crippen molar-refractivity contribution in [2.75, 3.05) is 13.2 Å². The third kappa shape index (κ3) is 3.64. The number of hydrogen-bond donors (Lipinski definition) is 0. The SMILES string of the molecule is C=CC(=O)OCC1CCOC(C)(CC)O1. The van der Waals surface area contributed by atoms with Crippen LogP contribution in [0.1, 0.15) is 26.7 Å². The van der Waals surface area contributed by atoms with Gasteiger partial charge in [0, 0.05) is 12.5 Å². The summed E-state index contributed by atoms with van der Waals surface area (Å²) >= 11 is 0. The molecule has 0 N–H and O–H groups in total. The van der Waals surface area contributed by atoms with Crippen molar-refractivity contribution in [2.24, 2.45) is 0 Å². The Balaban J connectivity index is 2.36. The van der Waals surface area contributed by atoms with E-state index in [1.807, 2.05) is 13.8 Å². The lowest BCUT2D eigenvalue weighted by Gasteiger charge is -2.37. The first-order valence-electron chi connectivity index (χ1n) is 5.20. The number of carbonyl (C=O) groups excluding carboxylic acids is 1. The zero-order valence-electron chi connectivity index (χ0n) is 9.32. The van der Waals surface area contributed by atoms with Crippen LogP contribution in [-0.4, -0.2) is 31.1 Å². The van der Waals surface area contributed by atoms with E-state index >= 15 is 0 Å². The molecule has 15 heavy (non-hydrogen) atoms. The Morgan fingerprint density at radius 1 is 1.73 bits per heavy atom. The van der Waals surface area contributed by atoms with Gasteiger partial charge in [-0.15, -0.1) is 0 Å². The normalized spacial score (nSPS) is 30.9. The molecule has 0 spiro atoms. The quantitative estimate of drug-likeness (QED) is 0.527. The van der Waals surface area contributed by atoms with Crippen LogP contribution in [0.4, 0.5) is 0 Å². The van der Waals surface area contributed by atoms with Crippen molar-refractivity contribution in [1.29, 1.82) is 0 Å². The standard InChI is InChI=1S/C11H18O4/c1-4-10(12)13-8-9-6-7-14-11(3,5-2)15-9/h4,9H,1,5-8H2,2-3H3. The second-order valence-electron chi connectivity index (χ2n) is 3.70. The van der Waals surface area contributed by atoms with E-state index in [1.165, 1.54) is 0 Å². The lowest BCUT2D eigenvalue weighted by molar-refractivity contribution is -0.289.